The number of likely N-dealkylation sites (N-methyl/N-ethyl adjacent to an activating group) is 1. The minimum atomic E-state index is -1.03. The van der Waals surface area contributed by atoms with Crippen LogP contribution in [0, 0.1) is 22.7 Å². The first-order chi connectivity index (χ1) is 22.7. The minimum absolute atomic E-state index is 0.0430. The molecule has 4 amide bonds. The van der Waals surface area contributed by atoms with Crippen LogP contribution in [0.5, 0.6) is 0 Å². The number of Topliss-reactive ketones (excluding diaryl/α,β-unsaturated/α-hetero) is 1. The number of hydrogen-bond donors (Lipinski definition) is 3. The van der Waals surface area contributed by atoms with E-state index < -0.39 is 52.6 Å². The van der Waals surface area contributed by atoms with Crippen LogP contribution in [0.2, 0.25) is 5.02 Å². The summed E-state index contributed by atoms with van der Waals surface area (Å²) < 4.78 is 5.52. The van der Waals surface area contributed by atoms with Gasteiger partial charge >= 0.3 is 0 Å². The maximum atomic E-state index is 14.6. The van der Waals surface area contributed by atoms with E-state index in [1.54, 1.807) is 12.1 Å². The number of oxime groups is 1. The first kappa shape index (κ1) is 34.4. The Hall–Kier alpha value is -3.51. The quantitative estimate of drug-likeness (QED) is 0.321. The van der Waals surface area contributed by atoms with Crippen molar-refractivity contribution < 1.29 is 33.5 Å². The van der Waals surface area contributed by atoms with Gasteiger partial charge in [-0.25, -0.2) is 0 Å². The third-order valence-corrected chi connectivity index (χ3v) is 11.0. The molecule has 2 saturated heterocycles. The minimum Gasteiger partial charge on any atom is -0.387 e. The number of amides is 4. The Morgan fingerprint density at radius 2 is 1.79 bits per heavy atom. The highest BCUT2D eigenvalue weighted by Gasteiger charge is 2.60. The van der Waals surface area contributed by atoms with Gasteiger partial charge in [-0.05, 0) is 54.6 Å². The first-order valence-electron chi connectivity index (χ1n) is 17.0. The van der Waals surface area contributed by atoms with Crippen molar-refractivity contribution >= 4 is 46.7 Å². The Morgan fingerprint density at radius 3 is 2.44 bits per heavy atom. The van der Waals surface area contributed by atoms with Crippen molar-refractivity contribution in [2.24, 2.45) is 27.8 Å². The number of benzene rings is 1. The Balaban J connectivity index is 1.25. The van der Waals surface area contributed by atoms with E-state index in [2.05, 4.69) is 21.1 Å². The number of nitrogens with zero attached hydrogens (tertiary/aromatic N) is 2. The van der Waals surface area contributed by atoms with Crippen molar-refractivity contribution in [1.29, 1.82) is 0 Å². The van der Waals surface area contributed by atoms with Gasteiger partial charge < -0.3 is 30.4 Å². The van der Waals surface area contributed by atoms with Gasteiger partial charge in [0.1, 0.15) is 12.1 Å². The fraction of sp³-hybridized carbons (Fsp3) is 0.657. The summed E-state index contributed by atoms with van der Waals surface area (Å²) in [4.78, 5) is 75.3. The molecule has 3 heterocycles. The van der Waals surface area contributed by atoms with E-state index in [0.717, 1.165) is 37.7 Å². The predicted molar refractivity (Wildman–Crippen MR) is 177 cm³/mol. The van der Waals surface area contributed by atoms with Gasteiger partial charge in [0.05, 0.1) is 18.3 Å². The number of hydrogen-bond acceptors (Lipinski definition) is 8. The summed E-state index contributed by atoms with van der Waals surface area (Å²) in [5, 5.41) is 13.2. The van der Waals surface area contributed by atoms with E-state index in [-0.39, 0.29) is 36.1 Å². The standard InChI is InChI=1S/C35H46ClN5O7/c1-33(2,3)28(39-29(43)23-16-34(23)10-12-47-13-11-34)32(46)41-19-35(17-25(40-48-35)21-6-5-7-22(36)15-21)18-26(41)30(44)38-24(14-20-8-9-20)27(42)31(45)37-4/h5-7,15,20,23-24,26,28H,8-14,16-19H2,1-4H3,(H,37,45)(H,38,44)(H,39,43)/t23-,24+,26+,28-,35-/m1/s1. The van der Waals surface area contributed by atoms with Crippen LogP contribution >= 0.6 is 11.6 Å². The monoisotopic (exact) mass is 683 g/mol. The second kappa shape index (κ2) is 13.1. The van der Waals surface area contributed by atoms with Crippen LogP contribution in [0.1, 0.15) is 77.7 Å². The maximum Gasteiger partial charge on any atom is 0.289 e. The number of carbonyl (C=O) groups excluding carboxylic acids is 5. The maximum absolute atomic E-state index is 14.6. The number of ether oxygens (including phenoxy) is 1. The van der Waals surface area contributed by atoms with Crippen LogP contribution < -0.4 is 16.0 Å². The molecule has 2 spiro atoms. The molecule has 1 aromatic rings. The molecular weight excluding hydrogens is 638 g/mol. The third kappa shape index (κ3) is 7.10. The number of likely N-dealkylation sites (tertiary alicyclic amines) is 1. The molecule has 48 heavy (non-hydrogen) atoms. The molecule has 2 saturated carbocycles. The summed E-state index contributed by atoms with van der Waals surface area (Å²) in [5.41, 5.74) is -0.362. The molecule has 5 aliphatic rings. The van der Waals surface area contributed by atoms with Gasteiger partial charge in [-0.1, -0.05) is 62.5 Å². The molecule has 4 fully saturated rings. The predicted octanol–water partition coefficient (Wildman–Crippen LogP) is 2.75. The van der Waals surface area contributed by atoms with Crippen molar-refractivity contribution in [2.75, 3.05) is 26.8 Å². The number of ketones is 1. The van der Waals surface area contributed by atoms with E-state index in [1.165, 1.54) is 11.9 Å². The molecule has 12 nitrogen and oxygen atoms in total. The molecule has 0 radical (unpaired) electrons. The molecule has 3 N–H and O–H groups in total. The van der Waals surface area contributed by atoms with Gasteiger partial charge in [0.2, 0.25) is 23.5 Å². The largest absolute Gasteiger partial charge is 0.387 e. The van der Waals surface area contributed by atoms with Crippen LogP contribution in [0.25, 0.3) is 0 Å². The highest BCUT2D eigenvalue weighted by atomic mass is 35.5. The lowest BCUT2D eigenvalue weighted by Crippen LogP contribution is -2.59. The molecule has 1 aromatic carbocycles. The zero-order valence-electron chi connectivity index (χ0n) is 28.1. The van der Waals surface area contributed by atoms with E-state index in [0.29, 0.717) is 36.8 Å². The molecule has 0 aromatic heterocycles. The van der Waals surface area contributed by atoms with Gasteiger partial charge in [0, 0.05) is 49.6 Å². The Bertz CT molecular complexity index is 1510. The van der Waals surface area contributed by atoms with Crippen LogP contribution in [-0.2, 0) is 33.5 Å². The lowest BCUT2D eigenvalue weighted by Gasteiger charge is -2.36. The Labute approximate surface area is 286 Å². The molecule has 5 atom stereocenters. The lowest BCUT2D eigenvalue weighted by molar-refractivity contribution is -0.145. The van der Waals surface area contributed by atoms with Crippen molar-refractivity contribution in [3.8, 4) is 0 Å². The molecule has 13 heteroatoms. The van der Waals surface area contributed by atoms with Crippen LogP contribution in [-0.4, -0.2) is 90.6 Å². The number of carbonyl (C=O) groups is 5. The highest BCUT2D eigenvalue weighted by molar-refractivity contribution is 6.38. The molecule has 2 aliphatic carbocycles. The second-order valence-corrected chi connectivity index (χ2v) is 15.8. The van der Waals surface area contributed by atoms with E-state index in [1.807, 2.05) is 32.9 Å². The summed E-state index contributed by atoms with van der Waals surface area (Å²) in [6, 6.07) is 4.24. The number of rotatable bonds is 10. The lowest BCUT2D eigenvalue weighted by atomic mass is 9.85. The van der Waals surface area contributed by atoms with Crippen molar-refractivity contribution in [3.63, 3.8) is 0 Å². The average molecular weight is 684 g/mol. The Kier molecular flexibility index (Phi) is 9.36. The molecule has 3 aliphatic heterocycles. The summed E-state index contributed by atoms with van der Waals surface area (Å²) in [6.45, 7) is 6.94. The van der Waals surface area contributed by atoms with Crippen molar-refractivity contribution in [2.45, 2.75) is 95.9 Å². The summed E-state index contributed by atoms with van der Waals surface area (Å²) >= 11 is 6.25. The third-order valence-electron chi connectivity index (χ3n) is 10.7. The van der Waals surface area contributed by atoms with E-state index >= 15 is 0 Å². The van der Waals surface area contributed by atoms with Crippen LogP contribution in [0.15, 0.2) is 29.4 Å². The van der Waals surface area contributed by atoms with E-state index in [9.17, 15) is 24.0 Å². The highest BCUT2D eigenvalue weighted by Crippen LogP contribution is 2.59. The first-order valence-corrected chi connectivity index (χ1v) is 17.4. The van der Waals surface area contributed by atoms with Crippen LogP contribution in [0.4, 0.5) is 0 Å². The fourth-order valence-corrected chi connectivity index (χ4v) is 7.72. The Morgan fingerprint density at radius 1 is 1.06 bits per heavy atom. The molecule has 6 rings (SSSR count). The topological polar surface area (TPSA) is 156 Å². The summed E-state index contributed by atoms with van der Waals surface area (Å²) in [6.07, 6.45) is 5.02. The fourth-order valence-electron chi connectivity index (χ4n) is 7.53. The van der Waals surface area contributed by atoms with E-state index in [4.69, 9.17) is 21.2 Å². The van der Waals surface area contributed by atoms with Crippen LogP contribution in [0.3, 0.4) is 0 Å². The number of nitrogens with one attached hydrogen (secondary N) is 3. The van der Waals surface area contributed by atoms with Gasteiger partial charge in [0.15, 0.2) is 5.60 Å². The van der Waals surface area contributed by atoms with Gasteiger partial charge in [0.25, 0.3) is 5.91 Å². The smallest absolute Gasteiger partial charge is 0.289 e. The zero-order chi connectivity index (χ0) is 34.4. The van der Waals surface area contributed by atoms with Crippen molar-refractivity contribution in [3.05, 3.63) is 34.9 Å². The average Bonchev–Trinajstić information content (AvgIpc) is 3.92. The molecule has 260 valence electrons. The van der Waals surface area contributed by atoms with Crippen molar-refractivity contribution in [1.82, 2.24) is 20.9 Å². The van der Waals surface area contributed by atoms with Gasteiger partial charge in [-0.3, -0.25) is 24.0 Å². The number of halogens is 1. The second-order valence-electron chi connectivity index (χ2n) is 15.4. The SMILES string of the molecule is CNC(=O)C(=O)[C@H](CC1CC1)NC(=O)[C@@H]1C[C@]2(CC(c3cccc(Cl)c3)=NO2)CN1C(=O)[C@@H](NC(=O)[C@H]1CC12CCOCC2)C(C)(C)C. The van der Waals surface area contributed by atoms with Gasteiger partial charge in [-0.2, -0.15) is 0 Å². The molecular formula is C35H46ClN5O7. The summed E-state index contributed by atoms with van der Waals surface area (Å²) in [7, 11) is 1.37. The zero-order valence-corrected chi connectivity index (χ0v) is 28.9. The molecule has 0 unspecified atom stereocenters. The van der Waals surface area contributed by atoms with Gasteiger partial charge in [-0.15, -0.1) is 0 Å². The molecule has 0 bridgehead atoms. The summed E-state index contributed by atoms with van der Waals surface area (Å²) in [5.74, 6) is -2.58. The normalized spacial score (nSPS) is 27.1.